The van der Waals surface area contributed by atoms with Crippen molar-refractivity contribution in [1.29, 1.82) is 0 Å². The topological polar surface area (TPSA) is 54.9 Å². The zero-order valence-electron chi connectivity index (χ0n) is 12.3. The van der Waals surface area contributed by atoms with Crippen LogP contribution in [0.1, 0.15) is 19.4 Å². The zero-order valence-corrected chi connectivity index (χ0v) is 13.1. The monoisotopic (exact) mass is 295 g/mol. The SMILES string of the molecule is COC[C@H](C)NC(=S)N/N=C(/C)c1ccc(OC)cc1. The van der Waals surface area contributed by atoms with Gasteiger partial charge in [0.05, 0.1) is 19.4 Å². The Labute approximate surface area is 125 Å². The second-order valence-electron chi connectivity index (χ2n) is 4.37. The molecule has 0 fully saturated rings. The molecule has 5 nitrogen and oxygen atoms in total. The number of nitrogens with one attached hydrogen (secondary N) is 2. The maximum Gasteiger partial charge on any atom is 0.187 e. The average Bonchev–Trinajstić information content (AvgIpc) is 2.45. The molecular formula is C14H21N3O2S. The van der Waals surface area contributed by atoms with Gasteiger partial charge in [-0.25, -0.2) is 0 Å². The summed E-state index contributed by atoms with van der Waals surface area (Å²) in [6.45, 7) is 4.48. The van der Waals surface area contributed by atoms with E-state index in [1.807, 2.05) is 38.1 Å². The molecule has 0 aromatic heterocycles. The predicted molar refractivity (Wildman–Crippen MR) is 85.4 cm³/mol. The molecule has 0 aliphatic rings. The molecular weight excluding hydrogens is 274 g/mol. The molecule has 0 unspecified atom stereocenters. The van der Waals surface area contributed by atoms with Crippen molar-refractivity contribution in [2.75, 3.05) is 20.8 Å². The molecule has 6 heteroatoms. The normalized spacial score (nSPS) is 12.7. The van der Waals surface area contributed by atoms with Crippen molar-refractivity contribution in [3.8, 4) is 5.75 Å². The third kappa shape index (κ3) is 5.54. The number of thiocarbonyl (C=S) groups is 1. The summed E-state index contributed by atoms with van der Waals surface area (Å²) < 4.78 is 10.1. The first-order valence-electron chi connectivity index (χ1n) is 6.31. The lowest BCUT2D eigenvalue weighted by atomic mass is 10.1. The van der Waals surface area contributed by atoms with Crippen LogP contribution in [0.3, 0.4) is 0 Å². The van der Waals surface area contributed by atoms with Gasteiger partial charge in [-0.3, -0.25) is 5.43 Å². The summed E-state index contributed by atoms with van der Waals surface area (Å²) in [6, 6.07) is 7.82. The molecule has 0 radical (unpaired) electrons. The average molecular weight is 295 g/mol. The summed E-state index contributed by atoms with van der Waals surface area (Å²) in [6.07, 6.45) is 0. The minimum absolute atomic E-state index is 0.136. The third-order valence-corrected chi connectivity index (χ3v) is 2.84. The van der Waals surface area contributed by atoms with Crippen LogP contribution in [0.2, 0.25) is 0 Å². The Kier molecular flexibility index (Phi) is 6.97. The van der Waals surface area contributed by atoms with Crippen LogP contribution < -0.4 is 15.5 Å². The summed E-state index contributed by atoms with van der Waals surface area (Å²) in [4.78, 5) is 0. The maximum absolute atomic E-state index is 5.15. The molecule has 0 amide bonds. The summed E-state index contributed by atoms with van der Waals surface area (Å²) in [5.41, 5.74) is 4.67. The quantitative estimate of drug-likeness (QED) is 0.477. The van der Waals surface area contributed by atoms with Gasteiger partial charge in [-0.05, 0) is 55.9 Å². The molecule has 0 heterocycles. The van der Waals surface area contributed by atoms with Crippen LogP contribution in [0.4, 0.5) is 0 Å². The fraction of sp³-hybridized carbons (Fsp3) is 0.429. The lowest BCUT2D eigenvalue weighted by molar-refractivity contribution is 0.179. The molecule has 0 saturated carbocycles. The summed E-state index contributed by atoms with van der Waals surface area (Å²) in [5, 5.41) is 7.79. The van der Waals surface area contributed by atoms with Crippen molar-refractivity contribution in [1.82, 2.24) is 10.7 Å². The van der Waals surface area contributed by atoms with Crippen molar-refractivity contribution in [2.24, 2.45) is 5.10 Å². The van der Waals surface area contributed by atoms with Crippen LogP contribution >= 0.6 is 12.2 Å². The summed E-state index contributed by atoms with van der Waals surface area (Å²) in [7, 11) is 3.30. The van der Waals surface area contributed by atoms with E-state index in [-0.39, 0.29) is 6.04 Å². The van der Waals surface area contributed by atoms with E-state index in [9.17, 15) is 0 Å². The number of hydrogen-bond acceptors (Lipinski definition) is 4. The van der Waals surface area contributed by atoms with E-state index in [1.165, 1.54) is 0 Å². The highest BCUT2D eigenvalue weighted by molar-refractivity contribution is 7.80. The van der Waals surface area contributed by atoms with Crippen LogP contribution in [-0.4, -0.2) is 37.7 Å². The van der Waals surface area contributed by atoms with Crippen molar-refractivity contribution < 1.29 is 9.47 Å². The van der Waals surface area contributed by atoms with Gasteiger partial charge >= 0.3 is 0 Å². The minimum Gasteiger partial charge on any atom is -0.497 e. The Morgan fingerprint density at radius 1 is 1.30 bits per heavy atom. The summed E-state index contributed by atoms with van der Waals surface area (Å²) in [5.74, 6) is 0.820. The maximum atomic E-state index is 5.15. The Balaban J connectivity index is 2.53. The molecule has 0 aliphatic heterocycles. The number of methoxy groups -OCH3 is 2. The van der Waals surface area contributed by atoms with Crippen LogP contribution in [0.5, 0.6) is 5.75 Å². The van der Waals surface area contributed by atoms with E-state index in [0.29, 0.717) is 11.7 Å². The number of hydrogen-bond donors (Lipinski definition) is 2. The highest BCUT2D eigenvalue weighted by Gasteiger charge is 2.03. The van der Waals surface area contributed by atoms with E-state index in [4.69, 9.17) is 21.7 Å². The molecule has 0 spiro atoms. The van der Waals surface area contributed by atoms with E-state index < -0.39 is 0 Å². The van der Waals surface area contributed by atoms with E-state index in [2.05, 4.69) is 15.8 Å². The van der Waals surface area contributed by atoms with Crippen LogP contribution in [0.25, 0.3) is 0 Å². The van der Waals surface area contributed by atoms with Gasteiger partial charge < -0.3 is 14.8 Å². The fourth-order valence-corrected chi connectivity index (χ4v) is 1.83. The molecule has 20 heavy (non-hydrogen) atoms. The van der Waals surface area contributed by atoms with Crippen LogP contribution in [0.15, 0.2) is 29.4 Å². The largest absolute Gasteiger partial charge is 0.497 e. The molecule has 0 saturated heterocycles. The number of rotatable bonds is 6. The minimum atomic E-state index is 0.136. The van der Waals surface area contributed by atoms with E-state index in [1.54, 1.807) is 14.2 Å². The molecule has 110 valence electrons. The molecule has 0 aliphatic carbocycles. The summed E-state index contributed by atoms with van der Waals surface area (Å²) >= 11 is 5.15. The van der Waals surface area contributed by atoms with Crippen molar-refractivity contribution in [3.63, 3.8) is 0 Å². The molecule has 1 atom stereocenters. The lowest BCUT2D eigenvalue weighted by Gasteiger charge is -2.14. The Morgan fingerprint density at radius 3 is 2.50 bits per heavy atom. The molecule has 1 aromatic carbocycles. The third-order valence-electron chi connectivity index (χ3n) is 2.63. The second-order valence-corrected chi connectivity index (χ2v) is 4.78. The van der Waals surface area contributed by atoms with Crippen molar-refractivity contribution >= 4 is 23.0 Å². The molecule has 0 bridgehead atoms. The predicted octanol–water partition coefficient (Wildman–Crippen LogP) is 1.92. The molecule has 2 N–H and O–H groups in total. The highest BCUT2D eigenvalue weighted by Crippen LogP contribution is 2.11. The van der Waals surface area contributed by atoms with Crippen LogP contribution in [-0.2, 0) is 4.74 Å². The highest BCUT2D eigenvalue weighted by atomic mass is 32.1. The molecule has 1 aromatic rings. The van der Waals surface area contributed by atoms with Gasteiger partial charge in [-0.2, -0.15) is 5.10 Å². The van der Waals surface area contributed by atoms with Gasteiger partial charge in [0.15, 0.2) is 5.11 Å². The molecule has 1 rings (SSSR count). The van der Waals surface area contributed by atoms with E-state index >= 15 is 0 Å². The van der Waals surface area contributed by atoms with Gasteiger partial charge in [-0.15, -0.1) is 0 Å². The standard InChI is InChI=1S/C14H21N3O2S/c1-10(9-18-3)15-14(20)17-16-11(2)12-5-7-13(19-4)8-6-12/h5-8,10H,9H2,1-4H3,(H2,15,17,20)/b16-11-/t10-/m0/s1. The number of hydrazone groups is 1. The number of benzene rings is 1. The van der Waals surface area contributed by atoms with Gasteiger partial charge in [0.25, 0.3) is 0 Å². The van der Waals surface area contributed by atoms with Crippen molar-refractivity contribution in [3.05, 3.63) is 29.8 Å². The lowest BCUT2D eigenvalue weighted by Crippen LogP contribution is -2.40. The van der Waals surface area contributed by atoms with Gasteiger partial charge in [0.1, 0.15) is 5.75 Å². The first kappa shape index (κ1) is 16.4. The Morgan fingerprint density at radius 2 is 1.95 bits per heavy atom. The fourth-order valence-electron chi connectivity index (χ4n) is 1.58. The van der Waals surface area contributed by atoms with Gasteiger partial charge in [0.2, 0.25) is 0 Å². The smallest absolute Gasteiger partial charge is 0.187 e. The zero-order chi connectivity index (χ0) is 15.0. The number of ether oxygens (including phenoxy) is 2. The first-order valence-corrected chi connectivity index (χ1v) is 6.71. The van der Waals surface area contributed by atoms with Gasteiger partial charge in [0, 0.05) is 13.2 Å². The van der Waals surface area contributed by atoms with Crippen LogP contribution in [0, 0.1) is 0 Å². The Bertz CT molecular complexity index is 460. The van der Waals surface area contributed by atoms with Crippen molar-refractivity contribution in [2.45, 2.75) is 19.9 Å². The van der Waals surface area contributed by atoms with Gasteiger partial charge in [-0.1, -0.05) is 0 Å². The Hall–Kier alpha value is -1.66. The second kappa shape index (κ2) is 8.50. The van der Waals surface area contributed by atoms with E-state index in [0.717, 1.165) is 17.0 Å². The number of nitrogens with zero attached hydrogens (tertiary/aromatic N) is 1. The first-order chi connectivity index (χ1) is 9.56.